The number of aromatic amines is 1. The van der Waals surface area contributed by atoms with E-state index < -0.39 is 28.6 Å². The van der Waals surface area contributed by atoms with Crippen LogP contribution in [-0.2, 0) is 0 Å². The zero-order valence-corrected chi connectivity index (χ0v) is 15.8. The Morgan fingerprint density at radius 3 is 2.22 bits per heavy atom. The van der Waals surface area contributed by atoms with Crippen LogP contribution in [0.1, 0.15) is 53.3 Å². The van der Waals surface area contributed by atoms with Gasteiger partial charge in [0, 0.05) is 10.5 Å². The van der Waals surface area contributed by atoms with E-state index in [0.717, 1.165) is 17.1 Å². The van der Waals surface area contributed by atoms with Gasteiger partial charge >= 0.3 is 11.9 Å². The number of thioether (sulfide) groups is 1. The standard InChI is InChI=1S/C19H22N2O5S/c1-2-3-4-5-10-27-12-8-6-11(7-9-12)13-14(18(23)24)16(20)21-17(22)15(13)19(25)26/h6-9H,2-5,10H2,1H3,(H,23,24)(H,25,26)(H3,20,21,22). The molecule has 0 fully saturated rings. The van der Waals surface area contributed by atoms with Crippen LogP contribution in [0.4, 0.5) is 5.82 Å². The second-order valence-corrected chi connectivity index (χ2v) is 7.20. The molecule has 2 aromatic rings. The van der Waals surface area contributed by atoms with E-state index in [-0.39, 0.29) is 11.4 Å². The topological polar surface area (TPSA) is 133 Å². The van der Waals surface area contributed by atoms with E-state index in [1.807, 2.05) is 0 Å². The van der Waals surface area contributed by atoms with Gasteiger partial charge in [-0.15, -0.1) is 11.8 Å². The molecule has 8 heteroatoms. The molecule has 0 spiro atoms. The molecule has 144 valence electrons. The molecular weight excluding hydrogens is 368 g/mol. The maximum Gasteiger partial charge on any atom is 0.342 e. The SMILES string of the molecule is CCCCCCSc1ccc(-c2c(C(=O)O)c(N)[nH]c(=O)c2C(=O)O)cc1. The lowest BCUT2D eigenvalue weighted by Crippen LogP contribution is -2.24. The van der Waals surface area contributed by atoms with Crippen LogP contribution in [0.15, 0.2) is 34.0 Å². The first-order valence-corrected chi connectivity index (χ1v) is 9.61. The number of hydrogen-bond donors (Lipinski definition) is 4. The molecule has 1 aromatic heterocycles. The number of rotatable bonds is 9. The third-order valence-electron chi connectivity index (χ3n) is 4.08. The van der Waals surface area contributed by atoms with Gasteiger partial charge in [-0.25, -0.2) is 9.59 Å². The van der Waals surface area contributed by atoms with E-state index in [1.165, 1.54) is 19.3 Å². The number of nitrogens with one attached hydrogen (secondary N) is 1. The number of carbonyl (C=O) groups is 2. The highest BCUT2D eigenvalue weighted by molar-refractivity contribution is 7.99. The van der Waals surface area contributed by atoms with Crippen molar-refractivity contribution in [2.75, 3.05) is 11.5 Å². The fourth-order valence-corrected chi connectivity index (χ4v) is 3.68. The van der Waals surface area contributed by atoms with Crippen molar-refractivity contribution in [1.82, 2.24) is 4.98 Å². The summed E-state index contributed by atoms with van der Waals surface area (Å²) < 4.78 is 0. The summed E-state index contributed by atoms with van der Waals surface area (Å²) in [6.07, 6.45) is 4.67. The number of aromatic carboxylic acids is 2. The number of anilines is 1. The average molecular weight is 390 g/mol. The summed E-state index contributed by atoms with van der Waals surface area (Å²) in [5.74, 6) is -2.32. The molecular formula is C19H22N2O5S. The van der Waals surface area contributed by atoms with Crippen molar-refractivity contribution >= 4 is 29.5 Å². The van der Waals surface area contributed by atoms with Crippen LogP contribution in [0.3, 0.4) is 0 Å². The molecule has 1 aromatic carbocycles. The van der Waals surface area contributed by atoms with E-state index in [2.05, 4.69) is 11.9 Å². The van der Waals surface area contributed by atoms with Crippen LogP contribution in [0.25, 0.3) is 11.1 Å². The second kappa shape index (κ2) is 9.27. The number of aromatic nitrogens is 1. The van der Waals surface area contributed by atoms with E-state index in [1.54, 1.807) is 36.0 Å². The summed E-state index contributed by atoms with van der Waals surface area (Å²) in [6, 6.07) is 6.80. The van der Waals surface area contributed by atoms with Crippen LogP contribution in [0.2, 0.25) is 0 Å². The largest absolute Gasteiger partial charge is 0.478 e. The minimum absolute atomic E-state index is 0.184. The molecule has 5 N–H and O–H groups in total. The van der Waals surface area contributed by atoms with E-state index in [4.69, 9.17) is 5.73 Å². The normalized spacial score (nSPS) is 10.7. The lowest BCUT2D eigenvalue weighted by Gasteiger charge is -2.12. The molecule has 1 heterocycles. The summed E-state index contributed by atoms with van der Waals surface area (Å²) in [6.45, 7) is 2.16. The van der Waals surface area contributed by atoms with Gasteiger partial charge in [-0.05, 0) is 29.9 Å². The maximum absolute atomic E-state index is 12.0. The quantitative estimate of drug-likeness (QED) is 0.379. The lowest BCUT2D eigenvalue weighted by molar-refractivity contribution is 0.0695. The number of unbranched alkanes of at least 4 members (excludes halogenated alkanes) is 3. The molecule has 0 atom stereocenters. The Kier molecular flexibility index (Phi) is 7.06. The Morgan fingerprint density at radius 2 is 1.67 bits per heavy atom. The van der Waals surface area contributed by atoms with Crippen LogP contribution < -0.4 is 11.3 Å². The summed E-state index contributed by atoms with van der Waals surface area (Å²) in [5.41, 5.74) is 3.77. The molecule has 7 nitrogen and oxygen atoms in total. The maximum atomic E-state index is 12.0. The van der Waals surface area contributed by atoms with E-state index >= 15 is 0 Å². The minimum Gasteiger partial charge on any atom is -0.478 e. The number of nitrogens with two attached hydrogens (primary N) is 1. The number of carboxylic acids is 2. The Labute approximate surface area is 160 Å². The van der Waals surface area contributed by atoms with Gasteiger partial charge in [0.15, 0.2) is 0 Å². The van der Waals surface area contributed by atoms with Gasteiger partial charge < -0.3 is 20.9 Å². The fourth-order valence-electron chi connectivity index (χ4n) is 2.77. The number of pyridine rings is 1. The number of H-pyrrole nitrogens is 1. The molecule has 27 heavy (non-hydrogen) atoms. The van der Waals surface area contributed by atoms with Crippen molar-refractivity contribution < 1.29 is 19.8 Å². The third-order valence-corrected chi connectivity index (χ3v) is 5.18. The number of hydrogen-bond acceptors (Lipinski definition) is 5. The molecule has 0 amide bonds. The van der Waals surface area contributed by atoms with Crippen LogP contribution >= 0.6 is 11.8 Å². The fraction of sp³-hybridized carbons (Fsp3) is 0.316. The van der Waals surface area contributed by atoms with Crippen molar-refractivity contribution in [2.45, 2.75) is 37.5 Å². The van der Waals surface area contributed by atoms with Gasteiger partial charge in [0.1, 0.15) is 16.9 Å². The number of nitrogen functional groups attached to an aromatic ring is 1. The predicted molar refractivity (Wildman–Crippen MR) is 106 cm³/mol. The summed E-state index contributed by atoms with van der Waals surface area (Å²) in [7, 11) is 0. The number of carboxylic acid groups (broad SMARTS) is 2. The van der Waals surface area contributed by atoms with E-state index in [9.17, 15) is 24.6 Å². The molecule has 0 aliphatic carbocycles. The van der Waals surface area contributed by atoms with Crippen LogP contribution in [0.5, 0.6) is 0 Å². The third kappa shape index (κ3) is 4.91. The van der Waals surface area contributed by atoms with Crippen molar-refractivity contribution in [3.63, 3.8) is 0 Å². The van der Waals surface area contributed by atoms with Gasteiger partial charge in [0.2, 0.25) is 0 Å². The van der Waals surface area contributed by atoms with Crippen molar-refractivity contribution in [3.05, 3.63) is 45.7 Å². The van der Waals surface area contributed by atoms with Gasteiger partial charge in [-0.3, -0.25) is 4.79 Å². The Balaban J connectivity index is 2.38. The molecule has 0 bridgehead atoms. The zero-order chi connectivity index (χ0) is 20.0. The summed E-state index contributed by atoms with van der Waals surface area (Å²) >= 11 is 1.68. The van der Waals surface area contributed by atoms with Crippen LogP contribution in [-0.4, -0.2) is 32.9 Å². The van der Waals surface area contributed by atoms with Crippen molar-refractivity contribution in [1.29, 1.82) is 0 Å². The van der Waals surface area contributed by atoms with Crippen molar-refractivity contribution in [2.24, 2.45) is 0 Å². The molecule has 0 radical (unpaired) electrons. The average Bonchev–Trinajstić information content (AvgIpc) is 2.60. The van der Waals surface area contributed by atoms with Gasteiger partial charge in [-0.1, -0.05) is 38.3 Å². The Bertz CT molecular complexity index is 890. The summed E-state index contributed by atoms with van der Waals surface area (Å²) in [4.78, 5) is 38.2. The Morgan fingerprint density at radius 1 is 1.04 bits per heavy atom. The van der Waals surface area contributed by atoms with E-state index in [0.29, 0.717) is 5.56 Å². The van der Waals surface area contributed by atoms with Gasteiger partial charge in [-0.2, -0.15) is 0 Å². The molecule has 0 saturated carbocycles. The van der Waals surface area contributed by atoms with Gasteiger partial charge in [0.05, 0.1) is 0 Å². The molecule has 0 unspecified atom stereocenters. The first-order valence-electron chi connectivity index (χ1n) is 8.62. The first kappa shape index (κ1) is 20.6. The lowest BCUT2D eigenvalue weighted by atomic mass is 9.95. The molecule has 0 aliphatic rings. The Hall–Kier alpha value is -2.74. The summed E-state index contributed by atoms with van der Waals surface area (Å²) in [5, 5.41) is 18.8. The molecule has 2 rings (SSSR count). The zero-order valence-electron chi connectivity index (χ0n) is 14.9. The van der Waals surface area contributed by atoms with Gasteiger partial charge in [0.25, 0.3) is 5.56 Å². The first-order chi connectivity index (χ1) is 12.9. The minimum atomic E-state index is -1.51. The van der Waals surface area contributed by atoms with Crippen molar-refractivity contribution in [3.8, 4) is 11.1 Å². The highest BCUT2D eigenvalue weighted by atomic mass is 32.2. The second-order valence-electron chi connectivity index (χ2n) is 6.04. The predicted octanol–water partition coefficient (Wildman–Crippen LogP) is 3.69. The highest BCUT2D eigenvalue weighted by Crippen LogP contribution is 2.31. The molecule has 0 saturated heterocycles. The highest BCUT2D eigenvalue weighted by Gasteiger charge is 2.26. The molecule has 0 aliphatic heterocycles. The smallest absolute Gasteiger partial charge is 0.342 e. The van der Waals surface area contributed by atoms with Crippen LogP contribution in [0, 0.1) is 0 Å². The number of benzene rings is 1. The monoisotopic (exact) mass is 390 g/mol.